The lowest BCUT2D eigenvalue weighted by Crippen LogP contribution is -1.95. The number of benzene rings is 1. The van der Waals surface area contributed by atoms with Crippen molar-refractivity contribution < 1.29 is 8.42 Å². The molecule has 12 heavy (non-hydrogen) atoms. The number of nitrogen functional groups attached to an aromatic ring is 1. The molecule has 0 heterocycles. The van der Waals surface area contributed by atoms with Crippen LogP contribution < -0.4 is 5.73 Å². The van der Waals surface area contributed by atoms with Crippen LogP contribution in [-0.2, 0) is 9.05 Å². The number of anilines is 1. The van der Waals surface area contributed by atoms with Gasteiger partial charge in [0.05, 0.1) is 4.90 Å². The summed E-state index contributed by atoms with van der Waals surface area (Å²) in [5, 5.41) is 0. The molecule has 0 spiro atoms. The molecule has 0 radical (unpaired) electrons. The van der Waals surface area contributed by atoms with Gasteiger partial charge in [0, 0.05) is 16.4 Å². The van der Waals surface area contributed by atoms with Gasteiger partial charge in [0.15, 0.2) is 0 Å². The first-order valence-corrected chi connectivity index (χ1v) is 5.53. The predicted molar refractivity (Wildman–Crippen MR) is 48.6 cm³/mol. The van der Waals surface area contributed by atoms with Gasteiger partial charge in [-0.25, -0.2) is 8.42 Å². The number of halogens is 1. The zero-order valence-corrected chi connectivity index (χ0v) is 7.98. The Hall–Kier alpha value is -0.740. The van der Waals surface area contributed by atoms with Gasteiger partial charge in [0.2, 0.25) is 0 Å². The summed E-state index contributed by atoms with van der Waals surface area (Å²) in [7, 11) is 1.45. The monoisotopic (exact) mass is 205 g/mol. The Bertz CT molecular complexity index is 400. The van der Waals surface area contributed by atoms with Gasteiger partial charge in [0.1, 0.15) is 0 Å². The lowest BCUT2D eigenvalue weighted by atomic mass is 10.2. The third kappa shape index (κ3) is 1.89. The van der Waals surface area contributed by atoms with E-state index < -0.39 is 9.05 Å². The lowest BCUT2D eigenvalue weighted by Gasteiger charge is -2.00. The van der Waals surface area contributed by atoms with E-state index in [0.29, 0.717) is 5.69 Å². The Kier molecular flexibility index (Phi) is 2.30. The van der Waals surface area contributed by atoms with Crippen LogP contribution in [0.1, 0.15) is 5.56 Å². The average molecular weight is 206 g/mol. The molecular weight excluding hydrogens is 198 g/mol. The fourth-order valence-electron chi connectivity index (χ4n) is 0.770. The molecule has 0 amide bonds. The molecule has 66 valence electrons. The molecule has 1 aromatic rings. The quantitative estimate of drug-likeness (QED) is 0.559. The number of aryl methyl sites for hydroxylation is 1. The molecule has 0 fully saturated rings. The molecule has 5 heteroatoms. The summed E-state index contributed by atoms with van der Waals surface area (Å²) in [5.41, 5.74) is 6.75. The summed E-state index contributed by atoms with van der Waals surface area (Å²) in [6.45, 7) is 1.79. The molecule has 3 nitrogen and oxygen atoms in total. The minimum atomic E-state index is -3.65. The van der Waals surface area contributed by atoms with E-state index in [-0.39, 0.29) is 4.90 Å². The van der Waals surface area contributed by atoms with Gasteiger partial charge in [0.25, 0.3) is 9.05 Å². The summed E-state index contributed by atoms with van der Waals surface area (Å²) < 4.78 is 21.6. The molecular formula is C7H8ClNO2S. The van der Waals surface area contributed by atoms with Crippen molar-refractivity contribution in [3.63, 3.8) is 0 Å². The third-order valence-corrected chi connectivity index (χ3v) is 2.88. The zero-order valence-electron chi connectivity index (χ0n) is 6.41. The molecule has 2 N–H and O–H groups in total. The maximum atomic E-state index is 10.8. The van der Waals surface area contributed by atoms with Crippen molar-refractivity contribution in [1.82, 2.24) is 0 Å². The van der Waals surface area contributed by atoms with Crippen LogP contribution in [0, 0.1) is 6.92 Å². The molecule has 0 unspecified atom stereocenters. The fraction of sp³-hybridized carbons (Fsp3) is 0.143. The van der Waals surface area contributed by atoms with Crippen LogP contribution in [0.2, 0.25) is 0 Å². The lowest BCUT2D eigenvalue weighted by molar-refractivity contribution is 0.609. The minimum Gasteiger partial charge on any atom is -0.398 e. The number of hydrogen-bond donors (Lipinski definition) is 1. The average Bonchev–Trinajstić information content (AvgIpc) is 1.92. The molecule has 0 aromatic heterocycles. The molecule has 0 atom stereocenters. The molecule has 0 aliphatic carbocycles. The molecule has 1 aromatic carbocycles. The van der Waals surface area contributed by atoms with Crippen molar-refractivity contribution in [3.8, 4) is 0 Å². The maximum Gasteiger partial charge on any atom is 0.261 e. The van der Waals surface area contributed by atoms with E-state index in [9.17, 15) is 8.42 Å². The molecule has 0 aliphatic rings. The first kappa shape index (κ1) is 9.35. The summed E-state index contributed by atoms with van der Waals surface area (Å²) in [6, 6.07) is 4.39. The van der Waals surface area contributed by atoms with Crippen molar-refractivity contribution in [2.45, 2.75) is 11.8 Å². The van der Waals surface area contributed by atoms with Crippen LogP contribution in [0.25, 0.3) is 0 Å². The number of hydrogen-bond acceptors (Lipinski definition) is 3. The van der Waals surface area contributed by atoms with Gasteiger partial charge in [-0.2, -0.15) is 0 Å². The van der Waals surface area contributed by atoms with Crippen molar-refractivity contribution >= 4 is 25.4 Å². The van der Waals surface area contributed by atoms with Crippen molar-refractivity contribution in [2.75, 3.05) is 5.73 Å². The number of nitrogens with two attached hydrogens (primary N) is 1. The van der Waals surface area contributed by atoms with Gasteiger partial charge in [-0.3, -0.25) is 0 Å². The molecule has 0 saturated heterocycles. The Labute approximate surface area is 75.6 Å². The Morgan fingerprint density at radius 3 is 2.42 bits per heavy atom. The van der Waals surface area contributed by atoms with Gasteiger partial charge >= 0.3 is 0 Å². The summed E-state index contributed by atoms with van der Waals surface area (Å²) in [4.78, 5) is 0.0345. The van der Waals surface area contributed by atoms with E-state index in [1.165, 1.54) is 12.1 Å². The smallest absolute Gasteiger partial charge is 0.261 e. The first-order chi connectivity index (χ1) is 5.41. The van der Waals surface area contributed by atoms with E-state index in [0.717, 1.165) is 5.56 Å². The van der Waals surface area contributed by atoms with Crippen LogP contribution in [0.15, 0.2) is 23.1 Å². The van der Waals surface area contributed by atoms with Gasteiger partial charge < -0.3 is 5.73 Å². The van der Waals surface area contributed by atoms with Gasteiger partial charge in [-0.1, -0.05) is 6.07 Å². The maximum absolute atomic E-state index is 10.8. The van der Waals surface area contributed by atoms with Gasteiger partial charge in [-0.05, 0) is 24.6 Å². The number of rotatable bonds is 1. The van der Waals surface area contributed by atoms with E-state index in [1.54, 1.807) is 13.0 Å². The van der Waals surface area contributed by atoms with Crippen LogP contribution >= 0.6 is 10.7 Å². The highest BCUT2D eigenvalue weighted by Crippen LogP contribution is 2.19. The SMILES string of the molecule is Cc1ccc(S(=O)(=O)Cl)cc1N. The second-order valence-electron chi connectivity index (χ2n) is 2.46. The molecule has 1 rings (SSSR count). The zero-order chi connectivity index (χ0) is 9.35. The second kappa shape index (κ2) is 2.95. The van der Waals surface area contributed by atoms with Crippen LogP contribution in [-0.4, -0.2) is 8.42 Å². The third-order valence-electron chi connectivity index (χ3n) is 1.53. The van der Waals surface area contributed by atoms with Crippen molar-refractivity contribution in [2.24, 2.45) is 0 Å². The van der Waals surface area contributed by atoms with E-state index >= 15 is 0 Å². The predicted octanol–water partition coefficient (Wildman–Crippen LogP) is 1.50. The largest absolute Gasteiger partial charge is 0.398 e. The summed E-state index contributed by atoms with van der Waals surface area (Å²) in [5.74, 6) is 0. The van der Waals surface area contributed by atoms with E-state index in [2.05, 4.69) is 0 Å². The van der Waals surface area contributed by atoms with Gasteiger partial charge in [-0.15, -0.1) is 0 Å². The molecule has 0 aliphatic heterocycles. The topological polar surface area (TPSA) is 60.2 Å². The van der Waals surface area contributed by atoms with Crippen LogP contribution in [0.3, 0.4) is 0 Å². The summed E-state index contributed by atoms with van der Waals surface area (Å²) in [6.07, 6.45) is 0. The summed E-state index contributed by atoms with van der Waals surface area (Å²) >= 11 is 0. The van der Waals surface area contributed by atoms with Crippen LogP contribution in [0.4, 0.5) is 5.69 Å². The molecule has 0 saturated carbocycles. The van der Waals surface area contributed by atoms with Crippen LogP contribution in [0.5, 0.6) is 0 Å². The Balaban J connectivity index is 3.33. The fourth-order valence-corrected chi connectivity index (χ4v) is 1.56. The first-order valence-electron chi connectivity index (χ1n) is 3.22. The van der Waals surface area contributed by atoms with Crippen molar-refractivity contribution in [1.29, 1.82) is 0 Å². The molecule has 0 bridgehead atoms. The Morgan fingerprint density at radius 2 is 2.00 bits per heavy atom. The highest BCUT2D eigenvalue weighted by molar-refractivity contribution is 8.13. The van der Waals surface area contributed by atoms with E-state index in [4.69, 9.17) is 16.4 Å². The minimum absolute atomic E-state index is 0.0345. The Morgan fingerprint density at radius 1 is 1.42 bits per heavy atom. The highest BCUT2D eigenvalue weighted by Gasteiger charge is 2.09. The highest BCUT2D eigenvalue weighted by atomic mass is 35.7. The van der Waals surface area contributed by atoms with E-state index in [1.807, 2.05) is 0 Å². The second-order valence-corrected chi connectivity index (χ2v) is 5.02. The van der Waals surface area contributed by atoms with Crippen molar-refractivity contribution in [3.05, 3.63) is 23.8 Å². The standard InChI is InChI=1S/C7H8ClNO2S/c1-5-2-3-6(4-7(5)9)12(8,10)11/h2-4H,9H2,1H3. The normalized spacial score (nSPS) is 11.5.